The summed E-state index contributed by atoms with van der Waals surface area (Å²) in [7, 11) is 0. The number of rotatable bonds is 3. The maximum atomic E-state index is 14.5. The van der Waals surface area contributed by atoms with Crippen molar-refractivity contribution < 1.29 is 18.8 Å². The Morgan fingerprint density at radius 3 is 2.13 bits per heavy atom. The molecule has 0 N–H and O–H groups in total. The van der Waals surface area contributed by atoms with Crippen LogP contribution >= 0.6 is 11.6 Å². The number of ketones is 3. The van der Waals surface area contributed by atoms with Crippen LogP contribution in [0, 0.1) is 11.2 Å². The SMILES string of the molecule is O=C(c1ccccc1)[C@@H]1[C@@H](c2ccc(Cl)cc2)C2(C(=O)c3ccccc3C2=O)[C@@H]2C=Cc3cc(F)ccc3N12. The van der Waals surface area contributed by atoms with Crippen molar-refractivity contribution in [3.05, 3.63) is 142 Å². The molecule has 0 saturated carbocycles. The normalized spacial score (nSPS) is 22.1. The molecule has 6 heteroatoms. The third-order valence-electron chi connectivity index (χ3n) is 8.32. The molecule has 3 aliphatic rings. The molecular weight excluding hydrogens is 513 g/mol. The van der Waals surface area contributed by atoms with Crippen LogP contribution in [-0.2, 0) is 0 Å². The van der Waals surface area contributed by atoms with E-state index in [1.165, 1.54) is 12.1 Å². The second-order valence-electron chi connectivity index (χ2n) is 10.2. The number of hydrogen-bond acceptors (Lipinski definition) is 4. The zero-order valence-corrected chi connectivity index (χ0v) is 21.3. The zero-order chi connectivity index (χ0) is 26.9. The van der Waals surface area contributed by atoms with E-state index < -0.39 is 29.2 Å². The van der Waals surface area contributed by atoms with E-state index in [0.29, 0.717) is 38.5 Å². The Kier molecular flexibility index (Phi) is 5.23. The lowest BCUT2D eigenvalue weighted by Gasteiger charge is -2.37. The monoisotopic (exact) mass is 533 g/mol. The Morgan fingerprint density at radius 2 is 1.46 bits per heavy atom. The predicted octanol–water partition coefficient (Wildman–Crippen LogP) is 6.80. The van der Waals surface area contributed by atoms with Crippen molar-refractivity contribution in [2.24, 2.45) is 5.41 Å². The van der Waals surface area contributed by atoms with E-state index in [1.54, 1.807) is 91.0 Å². The fourth-order valence-corrected chi connectivity index (χ4v) is 6.89. The highest BCUT2D eigenvalue weighted by molar-refractivity contribution is 6.32. The molecule has 0 aromatic heterocycles. The van der Waals surface area contributed by atoms with E-state index in [1.807, 2.05) is 11.0 Å². The van der Waals surface area contributed by atoms with Crippen LogP contribution in [0.1, 0.15) is 48.1 Å². The highest BCUT2D eigenvalue weighted by Gasteiger charge is 2.71. The number of fused-ring (bicyclic) bond motifs is 5. The van der Waals surface area contributed by atoms with Gasteiger partial charge in [0.1, 0.15) is 17.3 Å². The molecule has 1 aliphatic carbocycles. The zero-order valence-electron chi connectivity index (χ0n) is 20.6. The van der Waals surface area contributed by atoms with Crippen LogP contribution in [0.15, 0.2) is 103 Å². The van der Waals surface area contributed by atoms with Crippen LogP contribution in [0.4, 0.5) is 10.1 Å². The summed E-state index contributed by atoms with van der Waals surface area (Å²) >= 11 is 6.24. The summed E-state index contributed by atoms with van der Waals surface area (Å²) in [5.41, 5.74) is 1.42. The molecule has 3 atom stereocenters. The lowest BCUT2D eigenvalue weighted by atomic mass is 9.64. The Morgan fingerprint density at radius 1 is 0.821 bits per heavy atom. The third-order valence-corrected chi connectivity index (χ3v) is 8.57. The number of Topliss-reactive ketones (excluding diaryl/α,β-unsaturated/α-hetero) is 3. The standard InChI is InChI=1S/C33H21ClFNO3/c34-22-13-10-19(11-14-22)28-29(30(37)20-6-2-1-3-7-20)36-26-16-15-23(35)18-21(26)12-17-27(36)33(28)31(38)24-8-4-5-9-25(24)32(33)39/h1-18,27-29H/t27-,28+,29-/m0/s1. The molecule has 0 amide bonds. The van der Waals surface area contributed by atoms with E-state index in [-0.39, 0.29) is 17.3 Å². The highest BCUT2D eigenvalue weighted by Crippen LogP contribution is 2.61. The first-order valence-corrected chi connectivity index (χ1v) is 13.1. The molecule has 190 valence electrons. The second-order valence-corrected chi connectivity index (χ2v) is 10.6. The molecule has 4 aromatic carbocycles. The number of carbonyl (C=O) groups is 3. The summed E-state index contributed by atoms with van der Waals surface area (Å²) < 4.78 is 14.3. The summed E-state index contributed by atoms with van der Waals surface area (Å²) in [6.07, 6.45) is 3.53. The molecule has 2 aliphatic heterocycles. The fraction of sp³-hybridized carbons (Fsp3) is 0.121. The van der Waals surface area contributed by atoms with Crippen LogP contribution in [-0.4, -0.2) is 29.4 Å². The quantitative estimate of drug-likeness (QED) is 0.215. The minimum absolute atomic E-state index is 0.223. The smallest absolute Gasteiger partial charge is 0.185 e. The van der Waals surface area contributed by atoms with Gasteiger partial charge in [0.2, 0.25) is 0 Å². The van der Waals surface area contributed by atoms with Crippen LogP contribution in [0.25, 0.3) is 6.08 Å². The van der Waals surface area contributed by atoms with Crippen molar-refractivity contribution in [3.8, 4) is 0 Å². The van der Waals surface area contributed by atoms with Crippen molar-refractivity contribution in [1.82, 2.24) is 0 Å². The van der Waals surface area contributed by atoms with E-state index in [4.69, 9.17) is 11.6 Å². The number of hydrogen-bond donors (Lipinski definition) is 0. The maximum Gasteiger partial charge on any atom is 0.185 e. The summed E-state index contributed by atoms with van der Waals surface area (Å²) in [6.45, 7) is 0. The van der Waals surface area contributed by atoms with Gasteiger partial charge < -0.3 is 4.90 Å². The van der Waals surface area contributed by atoms with E-state index in [2.05, 4.69) is 0 Å². The summed E-state index contributed by atoms with van der Waals surface area (Å²) in [5, 5.41) is 0.502. The molecule has 0 radical (unpaired) electrons. The summed E-state index contributed by atoms with van der Waals surface area (Å²) in [4.78, 5) is 45.4. The topological polar surface area (TPSA) is 54.5 Å². The van der Waals surface area contributed by atoms with Crippen molar-refractivity contribution in [2.45, 2.75) is 18.0 Å². The predicted molar refractivity (Wildman–Crippen MR) is 148 cm³/mol. The van der Waals surface area contributed by atoms with Crippen LogP contribution in [0.3, 0.4) is 0 Å². The second kappa shape index (κ2) is 8.58. The summed E-state index contributed by atoms with van der Waals surface area (Å²) in [5.74, 6) is -2.08. The van der Waals surface area contributed by atoms with Gasteiger partial charge in [-0.1, -0.05) is 90.5 Å². The lowest BCUT2D eigenvalue weighted by molar-refractivity contribution is 0.0666. The molecule has 4 aromatic rings. The third kappa shape index (κ3) is 3.20. The molecular formula is C33H21ClFNO3. The largest absolute Gasteiger partial charge is 0.352 e. The van der Waals surface area contributed by atoms with Gasteiger partial charge in [0.25, 0.3) is 0 Å². The summed E-state index contributed by atoms with van der Waals surface area (Å²) in [6, 6.07) is 25.4. The van der Waals surface area contributed by atoms with Crippen molar-refractivity contribution >= 4 is 40.7 Å². The average Bonchev–Trinajstić information content (AvgIpc) is 3.39. The number of benzene rings is 4. The minimum atomic E-state index is -1.60. The van der Waals surface area contributed by atoms with Crippen molar-refractivity contribution in [2.75, 3.05) is 4.90 Å². The number of halogens is 2. The minimum Gasteiger partial charge on any atom is -0.352 e. The van der Waals surface area contributed by atoms with Crippen molar-refractivity contribution in [1.29, 1.82) is 0 Å². The van der Waals surface area contributed by atoms with Gasteiger partial charge in [0.05, 0.1) is 6.04 Å². The molecule has 0 unspecified atom stereocenters. The van der Waals surface area contributed by atoms with E-state index in [9.17, 15) is 18.8 Å². The Hall–Kier alpha value is -4.35. The Bertz CT molecular complexity index is 1680. The fourth-order valence-electron chi connectivity index (χ4n) is 6.76. The van der Waals surface area contributed by atoms with Crippen LogP contribution in [0.2, 0.25) is 5.02 Å². The van der Waals surface area contributed by atoms with Gasteiger partial charge in [-0.25, -0.2) is 4.39 Å². The maximum absolute atomic E-state index is 14.5. The first kappa shape index (κ1) is 23.7. The van der Waals surface area contributed by atoms with E-state index >= 15 is 0 Å². The number of anilines is 1. The van der Waals surface area contributed by atoms with Gasteiger partial charge >= 0.3 is 0 Å². The number of carbonyl (C=O) groups excluding carboxylic acids is 3. The molecule has 7 rings (SSSR count). The molecule has 2 heterocycles. The lowest BCUT2D eigenvalue weighted by Crippen LogP contribution is -2.48. The molecule has 4 nitrogen and oxygen atoms in total. The van der Waals surface area contributed by atoms with Crippen molar-refractivity contribution in [3.63, 3.8) is 0 Å². The van der Waals surface area contributed by atoms with Crippen LogP contribution in [0.5, 0.6) is 0 Å². The van der Waals surface area contributed by atoms with Gasteiger partial charge in [-0.15, -0.1) is 0 Å². The van der Waals surface area contributed by atoms with Gasteiger partial charge in [-0.2, -0.15) is 0 Å². The van der Waals surface area contributed by atoms with Crippen LogP contribution < -0.4 is 4.90 Å². The highest BCUT2D eigenvalue weighted by atomic mass is 35.5. The first-order chi connectivity index (χ1) is 18.9. The van der Waals surface area contributed by atoms with Gasteiger partial charge in [0, 0.05) is 38.9 Å². The Labute approximate surface area is 229 Å². The average molecular weight is 534 g/mol. The molecule has 0 bridgehead atoms. The number of nitrogens with zero attached hydrogens (tertiary/aromatic N) is 1. The van der Waals surface area contributed by atoms with Gasteiger partial charge in [-0.05, 0) is 35.9 Å². The molecule has 1 fully saturated rings. The molecule has 1 spiro atoms. The van der Waals surface area contributed by atoms with Gasteiger partial charge in [0.15, 0.2) is 17.3 Å². The molecule has 1 saturated heterocycles. The van der Waals surface area contributed by atoms with E-state index in [0.717, 1.165) is 0 Å². The van der Waals surface area contributed by atoms with Gasteiger partial charge in [-0.3, -0.25) is 14.4 Å². The Balaban J connectivity index is 1.55. The molecule has 39 heavy (non-hydrogen) atoms. The first-order valence-electron chi connectivity index (χ1n) is 12.7.